The monoisotopic (exact) mass is 537 g/mol. The minimum absolute atomic E-state index is 0.0346. The molecular formula is C27H21F2N3O3S2. The Hall–Kier alpha value is -3.89. The van der Waals surface area contributed by atoms with Crippen molar-refractivity contribution in [2.45, 2.75) is 26.5 Å². The van der Waals surface area contributed by atoms with E-state index in [9.17, 15) is 18.4 Å². The molecule has 1 amide bonds. The normalized spacial score (nSPS) is 15.5. The van der Waals surface area contributed by atoms with Gasteiger partial charge in [0.05, 0.1) is 15.8 Å². The van der Waals surface area contributed by atoms with Crippen molar-refractivity contribution >= 4 is 40.3 Å². The van der Waals surface area contributed by atoms with E-state index in [1.54, 1.807) is 25.1 Å². The number of alkyl halides is 2. The summed E-state index contributed by atoms with van der Waals surface area (Å²) >= 11 is 2.57. The molecule has 10 heteroatoms. The van der Waals surface area contributed by atoms with E-state index in [-0.39, 0.29) is 17.2 Å². The lowest BCUT2D eigenvalue weighted by molar-refractivity contribution is -0.113. The number of hydrogen-bond acceptors (Lipinski definition) is 6. The molecule has 37 heavy (non-hydrogen) atoms. The molecule has 4 aromatic rings. The van der Waals surface area contributed by atoms with Crippen LogP contribution in [0.2, 0.25) is 0 Å². The predicted molar refractivity (Wildman–Crippen MR) is 141 cm³/mol. The van der Waals surface area contributed by atoms with Crippen LogP contribution in [0, 0.1) is 6.92 Å². The van der Waals surface area contributed by atoms with Crippen LogP contribution >= 0.6 is 22.7 Å². The molecule has 1 unspecified atom stereocenters. The Labute approximate surface area is 218 Å². The van der Waals surface area contributed by atoms with Crippen LogP contribution in [0.1, 0.15) is 29.0 Å². The van der Waals surface area contributed by atoms with E-state index in [2.05, 4.69) is 15.0 Å². The van der Waals surface area contributed by atoms with Gasteiger partial charge < -0.3 is 10.1 Å². The average molecular weight is 538 g/mol. The SMILES string of the molecule is CC1=C(C(=O)Nc2ccccc2C)C(c2cccs2)n2c(s/c(=C/c3ccccc3OC(F)F)c2=O)=N1. The number of para-hydroxylation sites is 2. The number of thiazole rings is 1. The van der Waals surface area contributed by atoms with Crippen LogP contribution in [0.25, 0.3) is 6.08 Å². The Balaban J connectivity index is 1.64. The summed E-state index contributed by atoms with van der Waals surface area (Å²) in [5.41, 5.74) is 2.41. The second-order valence-electron chi connectivity index (χ2n) is 8.28. The van der Waals surface area contributed by atoms with Gasteiger partial charge in [-0.05, 0) is 49.1 Å². The number of carbonyl (C=O) groups is 1. The molecule has 6 nitrogen and oxygen atoms in total. The first-order chi connectivity index (χ1) is 17.8. The number of hydrogen-bond donors (Lipinski definition) is 1. The molecule has 0 saturated heterocycles. The van der Waals surface area contributed by atoms with Crippen molar-refractivity contribution in [2.24, 2.45) is 4.99 Å². The molecule has 0 saturated carbocycles. The average Bonchev–Trinajstić information content (AvgIpc) is 3.49. The van der Waals surface area contributed by atoms with Crippen molar-refractivity contribution in [2.75, 3.05) is 5.32 Å². The van der Waals surface area contributed by atoms with Gasteiger partial charge in [0.25, 0.3) is 11.5 Å². The molecule has 2 aromatic heterocycles. The highest BCUT2D eigenvalue weighted by Gasteiger charge is 2.33. The lowest BCUT2D eigenvalue weighted by Crippen LogP contribution is -2.40. The number of amides is 1. The van der Waals surface area contributed by atoms with Crippen molar-refractivity contribution < 1.29 is 18.3 Å². The van der Waals surface area contributed by atoms with E-state index < -0.39 is 12.7 Å². The van der Waals surface area contributed by atoms with Crippen LogP contribution in [0.3, 0.4) is 0 Å². The quantitative estimate of drug-likeness (QED) is 0.383. The molecule has 2 aromatic carbocycles. The maximum atomic E-state index is 13.7. The van der Waals surface area contributed by atoms with Gasteiger partial charge in [0, 0.05) is 16.1 Å². The Bertz CT molecular complexity index is 1690. The first-order valence-electron chi connectivity index (χ1n) is 11.3. The van der Waals surface area contributed by atoms with Gasteiger partial charge >= 0.3 is 6.61 Å². The van der Waals surface area contributed by atoms with E-state index >= 15 is 0 Å². The number of thiophene rings is 1. The minimum Gasteiger partial charge on any atom is -0.434 e. The smallest absolute Gasteiger partial charge is 0.387 e. The zero-order chi connectivity index (χ0) is 26.1. The summed E-state index contributed by atoms with van der Waals surface area (Å²) in [7, 11) is 0. The highest BCUT2D eigenvalue weighted by Crippen LogP contribution is 2.33. The van der Waals surface area contributed by atoms with E-state index in [0.29, 0.717) is 31.9 Å². The van der Waals surface area contributed by atoms with Gasteiger partial charge in [0.2, 0.25) is 0 Å². The molecule has 5 rings (SSSR count). The van der Waals surface area contributed by atoms with Gasteiger partial charge in [-0.25, -0.2) is 4.99 Å². The van der Waals surface area contributed by atoms with Crippen molar-refractivity contribution in [3.8, 4) is 5.75 Å². The fourth-order valence-corrected chi connectivity index (χ4v) is 6.04. The summed E-state index contributed by atoms with van der Waals surface area (Å²) in [6.45, 7) is 0.653. The number of aryl methyl sites for hydroxylation is 1. The number of nitrogens with zero attached hydrogens (tertiary/aromatic N) is 2. The van der Waals surface area contributed by atoms with Gasteiger partial charge in [-0.3, -0.25) is 14.2 Å². The highest BCUT2D eigenvalue weighted by atomic mass is 32.1. The van der Waals surface area contributed by atoms with E-state index in [1.165, 1.54) is 28.0 Å². The summed E-state index contributed by atoms with van der Waals surface area (Å²) in [4.78, 5) is 33.1. The largest absolute Gasteiger partial charge is 0.434 e. The molecule has 1 aliphatic rings. The lowest BCUT2D eigenvalue weighted by atomic mass is 10.0. The van der Waals surface area contributed by atoms with Crippen LogP contribution in [0.5, 0.6) is 5.75 Å². The fraction of sp³-hybridized carbons (Fsp3) is 0.148. The van der Waals surface area contributed by atoms with Crippen LogP contribution in [-0.2, 0) is 4.79 Å². The van der Waals surface area contributed by atoms with Gasteiger partial charge in [-0.2, -0.15) is 8.78 Å². The summed E-state index contributed by atoms with van der Waals surface area (Å²) in [5.74, 6) is -0.383. The molecule has 188 valence electrons. The standard InChI is InChI=1S/C27H21F2N3O3S2/c1-15-8-3-5-10-18(15)31-24(33)22-16(2)30-27-32(23(22)20-12-7-13-36-20)25(34)21(37-27)14-17-9-4-6-11-19(17)35-26(28)29/h3-14,23,26H,1-2H3,(H,31,33)/b21-14+. The first kappa shape index (κ1) is 24.8. The minimum atomic E-state index is -2.99. The number of benzene rings is 2. The van der Waals surface area contributed by atoms with Crippen molar-refractivity contribution in [3.05, 3.63) is 113 Å². The molecule has 0 aliphatic carbocycles. The van der Waals surface area contributed by atoms with Crippen molar-refractivity contribution in [1.29, 1.82) is 0 Å². The Kier molecular flexibility index (Phi) is 6.86. The van der Waals surface area contributed by atoms with Crippen LogP contribution < -0.4 is 24.9 Å². The van der Waals surface area contributed by atoms with Crippen LogP contribution in [0.15, 0.2) is 87.1 Å². The second kappa shape index (κ2) is 10.2. The summed E-state index contributed by atoms with van der Waals surface area (Å²) in [6.07, 6.45) is 1.51. The predicted octanol–water partition coefficient (Wildman–Crippen LogP) is 4.85. The third-order valence-corrected chi connectivity index (χ3v) is 7.80. The number of nitrogens with one attached hydrogen (secondary N) is 1. The molecule has 0 fully saturated rings. The molecular weight excluding hydrogens is 516 g/mol. The topological polar surface area (TPSA) is 72.7 Å². The third-order valence-electron chi connectivity index (χ3n) is 5.89. The number of rotatable bonds is 6. The van der Waals surface area contributed by atoms with Gasteiger partial charge in [0.15, 0.2) is 4.80 Å². The highest BCUT2D eigenvalue weighted by molar-refractivity contribution is 7.10. The van der Waals surface area contributed by atoms with Gasteiger partial charge in [0.1, 0.15) is 11.8 Å². The van der Waals surface area contributed by atoms with Crippen molar-refractivity contribution in [3.63, 3.8) is 0 Å². The van der Waals surface area contributed by atoms with Crippen LogP contribution in [-0.4, -0.2) is 17.1 Å². The van der Waals surface area contributed by atoms with E-state index in [1.807, 2.05) is 48.7 Å². The van der Waals surface area contributed by atoms with Gasteiger partial charge in [-0.1, -0.05) is 53.8 Å². The summed E-state index contributed by atoms with van der Waals surface area (Å²) in [6, 6.07) is 16.8. The summed E-state index contributed by atoms with van der Waals surface area (Å²) in [5, 5.41) is 4.85. The fourth-order valence-electron chi connectivity index (χ4n) is 4.17. The number of aromatic nitrogens is 1. The number of halogens is 2. The molecule has 1 atom stereocenters. The zero-order valence-corrected chi connectivity index (χ0v) is 21.4. The maximum Gasteiger partial charge on any atom is 0.387 e. The Morgan fingerprint density at radius 3 is 2.59 bits per heavy atom. The zero-order valence-electron chi connectivity index (χ0n) is 19.8. The number of carbonyl (C=O) groups excluding carboxylic acids is 1. The number of anilines is 1. The summed E-state index contributed by atoms with van der Waals surface area (Å²) < 4.78 is 32.2. The molecule has 0 bridgehead atoms. The Morgan fingerprint density at radius 2 is 1.86 bits per heavy atom. The van der Waals surface area contributed by atoms with Gasteiger partial charge in [-0.15, -0.1) is 11.3 Å². The number of ether oxygens (including phenoxy) is 1. The molecule has 1 aliphatic heterocycles. The Morgan fingerprint density at radius 1 is 1.11 bits per heavy atom. The first-order valence-corrected chi connectivity index (χ1v) is 13.0. The third kappa shape index (κ3) is 4.90. The second-order valence-corrected chi connectivity index (χ2v) is 10.3. The van der Waals surface area contributed by atoms with E-state index in [0.717, 1.165) is 21.8 Å². The van der Waals surface area contributed by atoms with Crippen LogP contribution in [0.4, 0.5) is 14.5 Å². The number of allylic oxidation sites excluding steroid dienone is 1. The molecule has 3 heterocycles. The lowest BCUT2D eigenvalue weighted by Gasteiger charge is -2.24. The molecule has 1 N–H and O–H groups in total. The molecule has 0 radical (unpaired) electrons. The van der Waals surface area contributed by atoms with Crippen molar-refractivity contribution in [1.82, 2.24) is 4.57 Å². The van der Waals surface area contributed by atoms with E-state index in [4.69, 9.17) is 0 Å². The number of fused-ring (bicyclic) bond motifs is 1. The molecule has 0 spiro atoms. The maximum absolute atomic E-state index is 13.7.